The smallest absolute Gasteiger partial charge is 0.417 e. The highest BCUT2D eigenvalue weighted by Crippen LogP contribution is 2.35. The maximum atomic E-state index is 14.3. The highest BCUT2D eigenvalue weighted by molar-refractivity contribution is 6.35. The van der Waals surface area contributed by atoms with Gasteiger partial charge in [0.05, 0.1) is 111 Å². The first kappa shape index (κ1) is 91.9. The fraction of sp³-hybridized carbons (Fsp3) is 0.465. The maximum Gasteiger partial charge on any atom is 0.417 e. The summed E-state index contributed by atoms with van der Waals surface area (Å²) in [7, 11) is 0. The van der Waals surface area contributed by atoms with Crippen LogP contribution < -0.4 is 25.8 Å². The Bertz CT molecular complexity index is 4390. The van der Waals surface area contributed by atoms with Gasteiger partial charge in [-0.25, -0.2) is 19.1 Å². The average Bonchev–Trinajstić information content (AvgIpc) is 1.60. The van der Waals surface area contributed by atoms with Gasteiger partial charge >= 0.3 is 6.09 Å². The molecule has 9 aromatic rings. The standard InChI is InChI=1S/C19H15ClFN3O3.C19H26N4O.C15H17N3O.C12H20N4O.C10H11N3.C5H8Cl2O.C4H9NO.2CH4/c1-19(2,3)27-18(26)24-9-14-16(17(24)25)11(20)7-13(23-14)15-10(8-22)5-4-6-12(15)21;1-2-4-17(5-3-1)16-23-11-8-19(20-23)22-9-6-18(7-10-22)21-12-14-24-15-13-21;19-14-6-9-17(10-7-14)15-8-11-18(16-15)12-13-4-2-1-3-5-13;1-4-13-14-12(1)16-5-2-11(3-6-16)15-7-9-17-10-8-15;11-10-6-7-13(12-10)8-9-4-2-1-3-5-9;6-3-1-5(8)2-4-7;1-3-6-4-2-5-1;;/h4-7H,9H2,1-3H3;1-5,8,11,18H,6-7,9-10,12-16H2;1-5,8,11H,6-7,9-10,12H2;1,4,11H,2-3,5-10H2,(H,13,14);1-7H,8H2,(H2,11,12);1-4H2;5H,1-4H2;2*1H4. The summed E-state index contributed by atoms with van der Waals surface area (Å²) in [6, 6.07) is 47.8. The summed E-state index contributed by atoms with van der Waals surface area (Å²) in [6.07, 6.45) is 14.1. The molecule has 0 aliphatic carbocycles. The summed E-state index contributed by atoms with van der Waals surface area (Å²) in [6.45, 7) is 25.2. The van der Waals surface area contributed by atoms with E-state index in [1.54, 1.807) is 26.8 Å². The molecular formula is C86H114Cl3FN18O8. The average molecular weight is 1650 g/mol. The van der Waals surface area contributed by atoms with Crippen LogP contribution in [0.2, 0.25) is 5.02 Å². The number of carbonyl (C=O) groups excluding carboxylic acids is 4. The van der Waals surface area contributed by atoms with E-state index in [1.165, 1.54) is 66.6 Å². The quantitative estimate of drug-likeness (QED) is 0.0758. The molecule has 6 saturated heterocycles. The first-order valence-electron chi connectivity index (χ1n) is 39.1. The molecule has 116 heavy (non-hydrogen) atoms. The normalized spacial score (nSPS) is 16.5. The maximum absolute atomic E-state index is 14.3. The van der Waals surface area contributed by atoms with Crippen LogP contribution in [0.3, 0.4) is 0 Å². The molecule has 30 heteroatoms. The molecule has 0 radical (unpaired) electrons. The number of alkyl halides is 2. The van der Waals surface area contributed by atoms with E-state index in [-0.39, 0.29) is 60.3 Å². The van der Waals surface area contributed by atoms with Crippen LogP contribution in [-0.4, -0.2) is 230 Å². The number of hydrogen-bond donors (Lipinski definition) is 3. The number of nitrogens with zero attached hydrogens (tertiary/aromatic N) is 15. The van der Waals surface area contributed by atoms with Gasteiger partial charge in [0.15, 0.2) is 11.6 Å². The number of carbonyl (C=O) groups is 4. The fourth-order valence-corrected chi connectivity index (χ4v) is 14.5. The highest BCUT2D eigenvalue weighted by atomic mass is 35.5. The third kappa shape index (κ3) is 29.2. The summed E-state index contributed by atoms with van der Waals surface area (Å²) in [5, 5.41) is 32.9. The van der Waals surface area contributed by atoms with Gasteiger partial charge < -0.3 is 44.7 Å². The second kappa shape index (κ2) is 48.2. The number of piperidine rings is 3. The van der Waals surface area contributed by atoms with Gasteiger partial charge in [-0.1, -0.05) is 124 Å². The number of halogens is 4. The van der Waals surface area contributed by atoms with Gasteiger partial charge in [-0.3, -0.25) is 43.3 Å². The van der Waals surface area contributed by atoms with Crippen molar-refractivity contribution in [3.05, 3.63) is 209 Å². The Balaban J connectivity index is 0.000000175. The summed E-state index contributed by atoms with van der Waals surface area (Å²) < 4.78 is 41.2. The SMILES string of the molecule is C.C.C1COCCN1.CC(C)(C)OC(=O)N1Cc2nc(-c3c(F)cccc3C#N)cc(Cl)c2C1=O.Nc1ccn(Cc2ccccc2)n1.O=C(CCCl)CCCl.O=C1CCN(c2ccn(Cc3ccccc3)n2)CC1.c1cc(N2CCC(N3CCOCC3)CC2)[nH]n1.c1ccc(Cn2ccc(N3CCC(N4CCOCC4)CC3)n2)cc1. The molecule has 0 atom stereocenters. The minimum Gasteiger partial charge on any atom is -0.443 e. The number of hydrogen-bond acceptors (Lipinski definition) is 21. The van der Waals surface area contributed by atoms with E-state index in [0.717, 1.165) is 172 Å². The lowest BCUT2D eigenvalue weighted by molar-refractivity contribution is -0.119. The predicted molar refractivity (Wildman–Crippen MR) is 456 cm³/mol. The van der Waals surface area contributed by atoms with Gasteiger partial charge in [-0.15, -0.1) is 23.2 Å². The molecule has 5 aromatic heterocycles. The van der Waals surface area contributed by atoms with Gasteiger partial charge in [-0.2, -0.15) is 25.7 Å². The zero-order chi connectivity index (χ0) is 80.4. The number of nitrogen functional groups attached to an aromatic ring is 1. The zero-order valence-corrected chi connectivity index (χ0v) is 67.7. The molecule has 0 saturated carbocycles. The van der Waals surface area contributed by atoms with Crippen LogP contribution in [0.5, 0.6) is 0 Å². The lowest BCUT2D eigenvalue weighted by Crippen LogP contribution is -2.49. The van der Waals surface area contributed by atoms with Crippen LogP contribution in [0, 0.1) is 17.1 Å². The molecule has 0 spiro atoms. The Morgan fingerprint density at radius 2 is 1.08 bits per heavy atom. The van der Waals surface area contributed by atoms with Crippen LogP contribution in [0.15, 0.2) is 164 Å². The third-order valence-corrected chi connectivity index (χ3v) is 20.4. The largest absolute Gasteiger partial charge is 0.443 e. The summed E-state index contributed by atoms with van der Waals surface area (Å²) in [4.78, 5) is 63.9. The molecule has 6 fully saturated rings. The number of ether oxygens (including phenoxy) is 4. The number of nitrogens with two attached hydrogens (primary N) is 1. The Kier molecular flexibility index (Phi) is 38.2. The number of nitriles is 1. The molecule has 624 valence electrons. The van der Waals surface area contributed by atoms with Crippen molar-refractivity contribution in [3.63, 3.8) is 0 Å². The molecule has 26 nitrogen and oxygen atoms in total. The number of anilines is 4. The number of H-pyrrole nitrogens is 1. The number of morpholine rings is 3. The minimum absolute atomic E-state index is 0. The van der Waals surface area contributed by atoms with Gasteiger partial charge in [0.1, 0.15) is 34.6 Å². The number of pyridine rings is 1. The number of aromatic amines is 1. The van der Waals surface area contributed by atoms with Crippen molar-refractivity contribution in [1.29, 1.82) is 5.26 Å². The summed E-state index contributed by atoms with van der Waals surface area (Å²) in [5.41, 5.74) is 8.98. The van der Waals surface area contributed by atoms with Gasteiger partial charge in [0, 0.05) is 165 Å². The number of rotatable bonds is 16. The molecule has 0 bridgehead atoms. The molecule has 2 amide bonds. The Morgan fingerprint density at radius 3 is 1.51 bits per heavy atom. The molecule has 7 aliphatic rings. The van der Waals surface area contributed by atoms with E-state index in [4.69, 9.17) is 64.6 Å². The summed E-state index contributed by atoms with van der Waals surface area (Å²) in [5.74, 6) is 3.89. The third-order valence-electron chi connectivity index (χ3n) is 19.7. The van der Waals surface area contributed by atoms with Gasteiger partial charge in [0.2, 0.25) is 0 Å². The molecule has 4 N–H and O–H groups in total. The van der Waals surface area contributed by atoms with Gasteiger partial charge in [0.25, 0.3) is 5.91 Å². The fourth-order valence-electron chi connectivity index (χ4n) is 13.8. The van der Waals surface area contributed by atoms with Crippen LogP contribution in [0.25, 0.3) is 11.3 Å². The number of imide groups is 1. The lowest BCUT2D eigenvalue weighted by Gasteiger charge is -2.40. The first-order chi connectivity index (χ1) is 55.4. The van der Waals surface area contributed by atoms with Crippen molar-refractivity contribution < 1.29 is 42.5 Å². The Hall–Kier alpha value is -9.60. The number of amides is 2. The van der Waals surface area contributed by atoms with E-state index in [9.17, 15) is 28.8 Å². The molecule has 4 aromatic carbocycles. The Morgan fingerprint density at radius 1 is 0.603 bits per heavy atom. The monoisotopic (exact) mass is 1650 g/mol. The van der Waals surface area contributed by atoms with E-state index < -0.39 is 23.4 Å². The van der Waals surface area contributed by atoms with Crippen molar-refractivity contribution in [2.75, 3.05) is 150 Å². The van der Waals surface area contributed by atoms with Gasteiger partial charge in [-0.05, 0) is 87.4 Å². The van der Waals surface area contributed by atoms with Crippen LogP contribution in [-0.2, 0) is 54.7 Å². The lowest BCUT2D eigenvalue weighted by atomic mass is 10.0. The second-order valence-corrected chi connectivity index (χ2v) is 30.2. The van der Waals surface area contributed by atoms with Crippen LogP contribution >= 0.6 is 34.8 Å². The molecular weight excluding hydrogens is 1540 g/mol. The number of benzene rings is 4. The minimum atomic E-state index is -0.813. The zero-order valence-electron chi connectivity index (χ0n) is 65.4. The highest BCUT2D eigenvalue weighted by Gasteiger charge is 2.39. The second-order valence-electron chi connectivity index (χ2n) is 29.1. The topological polar surface area (TPSA) is 282 Å². The van der Waals surface area contributed by atoms with E-state index in [2.05, 4.69) is 128 Å². The van der Waals surface area contributed by atoms with E-state index in [0.29, 0.717) is 49.0 Å². The number of ketones is 2. The van der Waals surface area contributed by atoms with Crippen molar-refractivity contribution >= 4 is 81.6 Å². The number of aromatic nitrogens is 9. The van der Waals surface area contributed by atoms with E-state index in [1.807, 2.05) is 81.2 Å². The number of fused-ring (bicyclic) bond motifs is 1. The van der Waals surface area contributed by atoms with Crippen molar-refractivity contribution in [3.8, 4) is 17.3 Å². The molecule has 7 aliphatic heterocycles. The van der Waals surface area contributed by atoms with Crippen LogP contribution in [0.1, 0.15) is 125 Å². The van der Waals surface area contributed by atoms with Crippen molar-refractivity contribution in [1.82, 2.24) is 64.5 Å². The molecule has 16 rings (SSSR count). The predicted octanol–water partition coefficient (Wildman–Crippen LogP) is 13.6. The van der Waals surface area contributed by atoms with Crippen molar-refractivity contribution in [2.45, 2.75) is 131 Å². The molecule has 12 heterocycles. The van der Waals surface area contributed by atoms with Crippen LogP contribution in [0.4, 0.5) is 32.5 Å². The molecule has 0 unspecified atom stereocenters. The number of nitrogens with one attached hydrogen (secondary N) is 2. The Labute approximate surface area is 697 Å². The van der Waals surface area contributed by atoms with Crippen molar-refractivity contribution in [2.24, 2.45) is 0 Å². The first-order valence-corrected chi connectivity index (χ1v) is 40.6. The summed E-state index contributed by atoms with van der Waals surface area (Å²) >= 11 is 16.8. The van der Waals surface area contributed by atoms with E-state index >= 15 is 0 Å². The number of Topliss-reactive ketones (excluding diaryl/α,β-unsaturated/α-hetero) is 2.